The van der Waals surface area contributed by atoms with E-state index in [-0.39, 0.29) is 18.4 Å². The molecule has 0 atom stereocenters. The quantitative estimate of drug-likeness (QED) is 0.311. The first kappa shape index (κ1) is 25.2. The first-order valence-corrected chi connectivity index (χ1v) is 12.2. The molecule has 0 fully saturated rings. The summed E-state index contributed by atoms with van der Waals surface area (Å²) >= 11 is 13.8. The third kappa shape index (κ3) is 7.86. The van der Waals surface area contributed by atoms with E-state index in [2.05, 4.69) is 0 Å². The van der Waals surface area contributed by atoms with Crippen LogP contribution < -0.4 is 0 Å². The normalized spacial score (nSPS) is 10.8. The summed E-state index contributed by atoms with van der Waals surface area (Å²) < 4.78 is 5.14. The highest BCUT2D eigenvalue weighted by Crippen LogP contribution is 2.21. The lowest BCUT2D eigenvalue weighted by Crippen LogP contribution is -2.43. The van der Waals surface area contributed by atoms with Crippen LogP contribution in [0.25, 0.3) is 0 Å². The number of ether oxygens (including phenoxy) is 1. The molecular weight excluding hydrogens is 479 g/mol. The predicted octanol–water partition coefficient (Wildman–Crippen LogP) is 5.76. The van der Waals surface area contributed by atoms with Gasteiger partial charge in [0.15, 0.2) is 0 Å². The number of amides is 2. The molecule has 0 radical (unpaired) electrons. The van der Waals surface area contributed by atoms with E-state index in [0.717, 1.165) is 10.4 Å². The van der Waals surface area contributed by atoms with Crippen molar-refractivity contribution in [3.8, 4) is 0 Å². The van der Waals surface area contributed by atoms with Crippen molar-refractivity contribution in [2.75, 3.05) is 26.8 Å². The van der Waals surface area contributed by atoms with Gasteiger partial charge in [-0.05, 0) is 41.6 Å². The Labute approximate surface area is 208 Å². The number of hydrogen-bond acceptors (Lipinski definition) is 4. The zero-order valence-corrected chi connectivity index (χ0v) is 20.7. The summed E-state index contributed by atoms with van der Waals surface area (Å²) in [6, 6.07) is 18.5. The van der Waals surface area contributed by atoms with Crippen LogP contribution >= 0.6 is 34.5 Å². The zero-order chi connectivity index (χ0) is 23.6. The van der Waals surface area contributed by atoms with E-state index in [1.54, 1.807) is 41.5 Å². The third-order valence-corrected chi connectivity index (χ3v) is 6.29. The lowest BCUT2D eigenvalue weighted by molar-refractivity contribution is -0.133. The number of carbonyl (C=O) groups is 2. The molecule has 0 aliphatic heterocycles. The van der Waals surface area contributed by atoms with Crippen LogP contribution in [0.5, 0.6) is 0 Å². The fraction of sp³-hybridized carbons (Fsp3) is 0.280. The molecule has 5 nitrogen and oxygen atoms in total. The van der Waals surface area contributed by atoms with Gasteiger partial charge >= 0.3 is 0 Å². The summed E-state index contributed by atoms with van der Waals surface area (Å²) in [7, 11) is 1.61. The van der Waals surface area contributed by atoms with Gasteiger partial charge in [0.1, 0.15) is 6.54 Å². The molecule has 2 amide bonds. The minimum Gasteiger partial charge on any atom is -0.385 e. The number of benzene rings is 2. The van der Waals surface area contributed by atoms with Gasteiger partial charge in [0, 0.05) is 47.3 Å². The molecule has 1 heterocycles. The van der Waals surface area contributed by atoms with E-state index >= 15 is 0 Å². The van der Waals surface area contributed by atoms with Crippen LogP contribution in [0.1, 0.15) is 27.2 Å². The Morgan fingerprint density at radius 1 is 0.939 bits per heavy atom. The SMILES string of the molecule is COCCCN(CC(=O)N(Cc1ccccc1)Cc1cccs1)C(=O)c1cc(Cl)cc(Cl)c1. The summed E-state index contributed by atoms with van der Waals surface area (Å²) in [5, 5.41) is 2.74. The van der Waals surface area contributed by atoms with Gasteiger partial charge in [-0.15, -0.1) is 11.3 Å². The molecule has 0 bridgehead atoms. The Morgan fingerprint density at radius 2 is 1.67 bits per heavy atom. The highest BCUT2D eigenvalue weighted by atomic mass is 35.5. The second-order valence-corrected chi connectivity index (χ2v) is 9.45. The summed E-state index contributed by atoms with van der Waals surface area (Å²) in [6.07, 6.45) is 0.605. The minimum atomic E-state index is -0.292. The number of rotatable bonds is 11. The predicted molar refractivity (Wildman–Crippen MR) is 134 cm³/mol. The van der Waals surface area contributed by atoms with E-state index in [1.165, 1.54) is 4.90 Å². The lowest BCUT2D eigenvalue weighted by Gasteiger charge is -2.28. The molecule has 0 aliphatic carbocycles. The van der Waals surface area contributed by atoms with Gasteiger partial charge in [-0.1, -0.05) is 59.6 Å². The van der Waals surface area contributed by atoms with E-state index < -0.39 is 0 Å². The summed E-state index contributed by atoms with van der Waals surface area (Å²) in [6.45, 7) is 1.75. The molecule has 0 saturated carbocycles. The Balaban J connectivity index is 1.80. The van der Waals surface area contributed by atoms with Crippen molar-refractivity contribution in [3.05, 3.63) is 92.1 Å². The molecule has 174 valence electrons. The molecule has 33 heavy (non-hydrogen) atoms. The Morgan fingerprint density at radius 3 is 2.30 bits per heavy atom. The highest BCUT2D eigenvalue weighted by Gasteiger charge is 2.23. The van der Waals surface area contributed by atoms with Crippen LogP contribution in [0.15, 0.2) is 66.0 Å². The van der Waals surface area contributed by atoms with Crippen molar-refractivity contribution in [1.29, 1.82) is 0 Å². The number of carbonyl (C=O) groups excluding carboxylic acids is 2. The van der Waals surface area contributed by atoms with Crippen LogP contribution in [-0.4, -0.2) is 48.4 Å². The number of hydrogen-bond donors (Lipinski definition) is 0. The Kier molecular flexibility index (Phi) is 9.76. The maximum Gasteiger partial charge on any atom is 0.254 e. The topological polar surface area (TPSA) is 49.9 Å². The maximum absolute atomic E-state index is 13.4. The first-order valence-electron chi connectivity index (χ1n) is 10.5. The molecule has 0 N–H and O–H groups in total. The molecular formula is C25H26Cl2N2O3S. The first-order chi connectivity index (χ1) is 16.0. The standard InChI is InChI=1S/C25H26Cl2N2O3S/c1-32-11-6-10-28(25(31)20-13-21(26)15-22(27)14-20)18-24(30)29(17-23-9-5-12-33-23)16-19-7-3-2-4-8-19/h2-5,7-9,12-15H,6,10-11,16-18H2,1H3. The van der Waals surface area contributed by atoms with E-state index in [1.807, 2.05) is 47.8 Å². The van der Waals surface area contributed by atoms with Gasteiger partial charge in [-0.3, -0.25) is 9.59 Å². The molecule has 0 aliphatic rings. The number of methoxy groups -OCH3 is 1. The Bertz CT molecular complexity index is 1020. The average molecular weight is 505 g/mol. The second kappa shape index (κ2) is 12.8. The van der Waals surface area contributed by atoms with Gasteiger partial charge in [-0.25, -0.2) is 0 Å². The molecule has 8 heteroatoms. The number of nitrogens with zero attached hydrogens (tertiary/aromatic N) is 2. The second-order valence-electron chi connectivity index (χ2n) is 7.55. The van der Waals surface area contributed by atoms with E-state index in [9.17, 15) is 9.59 Å². The van der Waals surface area contributed by atoms with Crippen molar-refractivity contribution in [3.63, 3.8) is 0 Å². The Hall–Kier alpha value is -2.38. The fourth-order valence-electron chi connectivity index (χ4n) is 3.40. The third-order valence-electron chi connectivity index (χ3n) is 5.00. The van der Waals surface area contributed by atoms with Crippen molar-refractivity contribution < 1.29 is 14.3 Å². The van der Waals surface area contributed by atoms with Gasteiger partial charge in [0.25, 0.3) is 5.91 Å². The lowest BCUT2D eigenvalue weighted by atomic mass is 10.1. The van der Waals surface area contributed by atoms with Crippen LogP contribution in [0.3, 0.4) is 0 Å². The molecule has 2 aromatic carbocycles. The van der Waals surface area contributed by atoms with Crippen molar-refractivity contribution in [2.24, 2.45) is 0 Å². The molecule has 3 aromatic rings. The monoisotopic (exact) mass is 504 g/mol. The van der Waals surface area contributed by atoms with E-state index in [0.29, 0.717) is 48.3 Å². The van der Waals surface area contributed by atoms with Gasteiger partial charge in [-0.2, -0.15) is 0 Å². The summed E-state index contributed by atoms with van der Waals surface area (Å²) in [4.78, 5) is 31.1. The smallest absolute Gasteiger partial charge is 0.254 e. The van der Waals surface area contributed by atoms with Crippen molar-refractivity contribution >= 4 is 46.4 Å². The zero-order valence-electron chi connectivity index (χ0n) is 18.4. The number of halogens is 2. The highest BCUT2D eigenvalue weighted by molar-refractivity contribution is 7.09. The van der Waals surface area contributed by atoms with E-state index in [4.69, 9.17) is 27.9 Å². The average Bonchev–Trinajstić information content (AvgIpc) is 3.31. The maximum atomic E-state index is 13.4. The van der Waals surface area contributed by atoms with Gasteiger partial charge < -0.3 is 14.5 Å². The van der Waals surface area contributed by atoms with Crippen molar-refractivity contribution in [2.45, 2.75) is 19.5 Å². The van der Waals surface area contributed by atoms with Crippen LogP contribution in [0.4, 0.5) is 0 Å². The largest absolute Gasteiger partial charge is 0.385 e. The molecule has 1 aromatic heterocycles. The van der Waals surface area contributed by atoms with Crippen LogP contribution in [0, 0.1) is 0 Å². The van der Waals surface area contributed by atoms with Crippen molar-refractivity contribution in [1.82, 2.24) is 9.80 Å². The molecule has 0 spiro atoms. The molecule has 3 rings (SSSR count). The van der Waals surface area contributed by atoms with Gasteiger partial charge in [0.2, 0.25) is 5.91 Å². The summed E-state index contributed by atoms with van der Waals surface area (Å²) in [5.41, 5.74) is 1.38. The number of thiophene rings is 1. The minimum absolute atomic E-state index is 0.0507. The molecule has 0 saturated heterocycles. The van der Waals surface area contributed by atoms with Crippen LogP contribution in [-0.2, 0) is 22.6 Å². The fourth-order valence-corrected chi connectivity index (χ4v) is 4.65. The summed E-state index contributed by atoms with van der Waals surface area (Å²) in [5.74, 6) is -0.425. The van der Waals surface area contributed by atoms with Crippen LogP contribution in [0.2, 0.25) is 10.0 Å². The van der Waals surface area contributed by atoms with Gasteiger partial charge in [0.05, 0.1) is 6.54 Å². The molecule has 0 unspecified atom stereocenters.